The highest BCUT2D eigenvalue weighted by atomic mass is 16.8. The molecule has 0 aliphatic carbocycles. The van der Waals surface area contributed by atoms with E-state index in [1.165, 1.54) is 34.6 Å². The van der Waals surface area contributed by atoms with E-state index in [1.54, 1.807) is 0 Å². The van der Waals surface area contributed by atoms with Crippen LogP contribution in [0.25, 0.3) is 0 Å². The predicted molar refractivity (Wildman–Crippen MR) is 199 cm³/mol. The lowest BCUT2D eigenvalue weighted by Crippen LogP contribution is -2.68. The first-order valence-electron chi connectivity index (χ1n) is 20.5. The first-order chi connectivity index (χ1) is 30.3. The monoisotopic (exact) mass is 960 g/mol. The van der Waals surface area contributed by atoms with Crippen LogP contribution in [-0.4, -0.2) is 278 Å². The molecule has 4 aliphatic rings. The first kappa shape index (κ1) is 56.0. The Morgan fingerprint density at radius 3 is 1.66 bits per heavy atom. The van der Waals surface area contributed by atoms with Crippen molar-refractivity contribution in [1.29, 1.82) is 0 Å². The second-order valence-electron chi connectivity index (χ2n) is 16.1. The summed E-state index contributed by atoms with van der Waals surface area (Å²) in [6.07, 6.45) is -53.6. The normalized spacial score (nSPS) is 43.9. The van der Waals surface area contributed by atoms with Crippen LogP contribution >= 0.6 is 0 Å². The molecule has 0 radical (unpaired) electrons. The van der Waals surface area contributed by atoms with E-state index < -0.39 is 192 Å². The van der Waals surface area contributed by atoms with E-state index in [-0.39, 0.29) is 0 Å². The first-order valence-corrected chi connectivity index (χ1v) is 20.5. The Kier molecular flexibility index (Phi) is 20.9. The minimum Gasteiger partial charge on any atom is -0.479 e. The Balaban J connectivity index is 1.60. The number of carboxylic acid groups (broad SMARTS) is 1. The molecule has 0 bridgehead atoms. The summed E-state index contributed by atoms with van der Waals surface area (Å²) in [5.74, 6) is -1.90. The molecule has 0 amide bonds. The van der Waals surface area contributed by atoms with Gasteiger partial charge in [-0.05, 0) is 34.6 Å². The van der Waals surface area contributed by atoms with E-state index in [0.29, 0.717) is 0 Å². The van der Waals surface area contributed by atoms with Gasteiger partial charge in [0.2, 0.25) is 12.6 Å². The highest BCUT2D eigenvalue weighted by Gasteiger charge is 2.57. The van der Waals surface area contributed by atoms with Crippen LogP contribution < -0.4 is 0 Å². The van der Waals surface area contributed by atoms with E-state index in [0.717, 1.165) is 0 Å². The van der Waals surface area contributed by atoms with Crippen LogP contribution in [0.2, 0.25) is 0 Å². The van der Waals surface area contributed by atoms with Crippen molar-refractivity contribution in [3.05, 3.63) is 0 Å². The van der Waals surface area contributed by atoms with Crippen LogP contribution in [0.4, 0.5) is 0 Å². The molecule has 0 aromatic carbocycles. The fourth-order valence-electron chi connectivity index (χ4n) is 7.23. The average Bonchev–Trinajstić information content (AvgIpc) is 3.24. The Morgan fingerprint density at radius 1 is 0.585 bits per heavy atom. The van der Waals surface area contributed by atoms with Crippen LogP contribution in [-0.2, 0) is 56.9 Å². The molecule has 29 nitrogen and oxygen atoms in total. The number of aliphatic hydroxyl groups excluding tert-OH is 15. The zero-order valence-electron chi connectivity index (χ0n) is 35.6. The maximum absolute atomic E-state index is 12.7. The second kappa shape index (κ2) is 24.3. The van der Waals surface area contributed by atoms with Gasteiger partial charge in [0.1, 0.15) is 91.6 Å². The van der Waals surface area contributed by atoms with Gasteiger partial charge in [-0.25, -0.2) is 4.79 Å². The van der Waals surface area contributed by atoms with Crippen molar-refractivity contribution in [1.82, 2.24) is 0 Å². The Bertz CT molecular complexity index is 1430. The van der Waals surface area contributed by atoms with Gasteiger partial charge in [0.15, 0.2) is 43.8 Å². The molecule has 65 heavy (non-hydrogen) atoms. The van der Waals surface area contributed by atoms with Crippen LogP contribution in [0.15, 0.2) is 0 Å². The summed E-state index contributed by atoms with van der Waals surface area (Å²) < 4.78 is 60.8. The molecule has 0 aromatic rings. The molecule has 29 heteroatoms. The van der Waals surface area contributed by atoms with E-state index in [9.17, 15) is 91.6 Å². The summed E-state index contributed by atoms with van der Waals surface area (Å²) in [6.45, 7) is 4.23. The smallest absolute Gasteiger partial charge is 0.335 e. The van der Waals surface area contributed by atoms with Crippen molar-refractivity contribution in [3.63, 3.8) is 0 Å². The third-order valence-electron chi connectivity index (χ3n) is 11.1. The number of aliphatic carboxylic acids is 1. The van der Waals surface area contributed by atoms with Crippen LogP contribution in [0.5, 0.6) is 0 Å². The third kappa shape index (κ3) is 13.4. The minimum absolute atomic E-state index is 0.912. The molecule has 4 rings (SSSR count). The van der Waals surface area contributed by atoms with E-state index in [1.807, 2.05) is 0 Å². The standard InChI is InChI=1S/C36H64O29/c1-8(39)13(6-37)60-36(32(54)58-12(5)55-11(4)17(42)29(49)50)63-26-20(45)16(41)10(3)57-35(26)62-25-21(46)23(48)34(64-27(25)30(51)52)61-24-18(43)14(7-38)59-31(53)28(24)65-33-22(47)19(44)15(40)9(2)56-33/h8-29,31-50,53-54H,6-7H2,1-5H3,(H,51,52). The lowest BCUT2D eigenvalue weighted by molar-refractivity contribution is -0.400. The quantitative estimate of drug-likeness (QED) is 0.0475. The Morgan fingerprint density at radius 2 is 1.11 bits per heavy atom. The number of carboxylic acids is 1. The van der Waals surface area contributed by atoms with Crippen LogP contribution in [0.1, 0.15) is 34.6 Å². The van der Waals surface area contributed by atoms with Crippen molar-refractivity contribution < 1.29 is 144 Å². The molecule has 4 aliphatic heterocycles. The summed E-state index contributed by atoms with van der Waals surface area (Å²) in [6, 6.07) is 0. The molecule has 17 N–H and O–H groups in total. The molecular weight excluding hydrogens is 896 g/mol. The SMILES string of the molecule is CC(OC(C)C(O)C(O)O)OC(O)C(OC(CO)C(C)O)OC1C(OC2C(C(=O)O)OC(OC3C(O)C(CO)OC(O)C3OC3OC(C)C(O)C(O)C3O)C(O)C2O)OC(C)C(O)C1O. The zero-order valence-corrected chi connectivity index (χ0v) is 35.6. The van der Waals surface area contributed by atoms with E-state index >= 15 is 0 Å². The average molecular weight is 961 g/mol. The summed E-state index contributed by atoms with van der Waals surface area (Å²) in [5.41, 5.74) is 0. The number of ether oxygens (including phenoxy) is 11. The van der Waals surface area contributed by atoms with Crippen molar-refractivity contribution in [3.8, 4) is 0 Å². The fraction of sp³-hybridized carbons (Fsp3) is 0.972. The van der Waals surface area contributed by atoms with Crippen molar-refractivity contribution in [2.75, 3.05) is 13.2 Å². The third-order valence-corrected chi connectivity index (χ3v) is 11.1. The van der Waals surface area contributed by atoms with Gasteiger partial charge < -0.3 is 139 Å². The molecule has 0 spiro atoms. The second-order valence-corrected chi connectivity index (χ2v) is 16.1. The van der Waals surface area contributed by atoms with Gasteiger partial charge >= 0.3 is 5.97 Å². The van der Waals surface area contributed by atoms with Crippen molar-refractivity contribution >= 4 is 5.97 Å². The van der Waals surface area contributed by atoms with E-state index in [2.05, 4.69) is 0 Å². The lowest BCUT2D eigenvalue weighted by Gasteiger charge is -2.49. The molecule has 0 saturated carbocycles. The van der Waals surface area contributed by atoms with Crippen molar-refractivity contribution in [2.45, 2.75) is 207 Å². The zero-order chi connectivity index (χ0) is 48.9. The molecule has 27 unspecified atom stereocenters. The Labute approximate surface area is 369 Å². The molecule has 4 fully saturated rings. The number of carbonyl (C=O) groups is 1. The van der Waals surface area contributed by atoms with Gasteiger partial charge in [-0.1, -0.05) is 0 Å². The fourth-order valence-corrected chi connectivity index (χ4v) is 7.23. The molecule has 0 aromatic heterocycles. The van der Waals surface area contributed by atoms with Gasteiger partial charge in [0, 0.05) is 0 Å². The highest BCUT2D eigenvalue weighted by molar-refractivity contribution is 5.73. The maximum atomic E-state index is 12.7. The number of aliphatic hydroxyl groups is 16. The number of rotatable bonds is 21. The van der Waals surface area contributed by atoms with Crippen LogP contribution in [0.3, 0.4) is 0 Å². The lowest BCUT2D eigenvalue weighted by atomic mass is 9.95. The van der Waals surface area contributed by atoms with Gasteiger partial charge in [-0.2, -0.15) is 0 Å². The maximum Gasteiger partial charge on any atom is 0.335 e. The molecule has 4 heterocycles. The molecule has 4 saturated heterocycles. The van der Waals surface area contributed by atoms with Crippen molar-refractivity contribution in [2.24, 2.45) is 0 Å². The van der Waals surface area contributed by atoms with Gasteiger partial charge in [0.05, 0.1) is 37.6 Å². The van der Waals surface area contributed by atoms with Crippen LogP contribution in [0, 0.1) is 0 Å². The predicted octanol–water partition coefficient (Wildman–Crippen LogP) is -9.73. The van der Waals surface area contributed by atoms with Gasteiger partial charge in [0.25, 0.3) is 0 Å². The van der Waals surface area contributed by atoms with Gasteiger partial charge in [-0.15, -0.1) is 0 Å². The number of hydrogen-bond acceptors (Lipinski definition) is 28. The summed E-state index contributed by atoms with van der Waals surface area (Å²) in [4.78, 5) is 12.7. The Hall–Kier alpha value is -1.61. The number of hydrogen-bond donors (Lipinski definition) is 17. The highest BCUT2D eigenvalue weighted by Crippen LogP contribution is 2.36. The summed E-state index contributed by atoms with van der Waals surface area (Å²) in [7, 11) is 0. The molecule has 27 atom stereocenters. The minimum atomic E-state index is -2.38. The summed E-state index contributed by atoms with van der Waals surface area (Å²) >= 11 is 0. The molecular formula is C36H64O29. The van der Waals surface area contributed by atoms with Gasteiger partial charge in [-0.3, -0.25) is 0 Å². The van der Waals surface area contributed by atoms with E-state index in [4.69, 9.17) is 52.1 Å². The molecule has 382 valence electrons. The topological polar surface area (TPSA) is 463 Å². The summed E-state index contributed by atoms with van der Waals surface area (Å²) in [5, 5.41) is 177. The largest absolute Gasteiger partial charge is 0.479 e.